The van der Waals surface area contributed by atoms with E-state index in [-0.39, 0.29) is 5.91 Å². The summed E-state index contributed by atoms with van der Waals surface area (Å²) in [6, 6.07) is 11.4. The molecule has 170 valence electrons. The van der Waals surface area contributed by atoms with Crippen molar-refractivity contribution in [2.75, 3.05) is 43.5 Å². The van der Waals surface area contributed by atoms with Crippen molar-refractivity contribution in [3.05, 3.63) is 48.3 Å². The van der Waals surface area contributed by atoms with Gasteiger partial charge in [-0.1, -0.05) is 0 Å². The fourth-order valence-electron chi connectivity index (χ4n) is 3.80. The molecular weight excluding hydrogens is 428 g/mol. The summed E-state index contributed by atoms with van der Waals surface area (Å²) in [6.07, 6.45) is 1.80. The van der Waals surface area contributed by atoms with Gasteiger partial charge in [0.1, 0.15) is 5.69 Å². The molecule has 4 rings (SSSR count). The van der Waals surface area contributed by atoms with E-state index in [1.165, 1.54) is 7.11 Å². The fraction of sp³-hybridized carbons (Fsp3) is 0.364. The Morgan fingerprint density at radius 2 is 2.00 bits per heavy atom. The molecule has 2 aromatic heterocycles. The number of pyridine rings is 1. The van der Waals surface area contributed by atoms with Crippen LogP contribution in [0, 0.1) is 0 Å². The molecule has 2 N–H and O–H groups in total. The summed E-state index contributed by atoms with van der Waals surface area (Å²) in [6.45, 7) is 6.85. The lowest BCUT2D eigenvalue weighted by atomic mass is 10.2. The lowest BCUT2D eigenvalue weighted by molar-refractivity contribution is 0.0741. The zero-order chi connectivity index (χ0) is 22.7. The van der Waals surface area contributed by atoms with E-state index in [4.69, 9.17) is 4.18 Å². The molecule has 1 unspecified atom stereocenters. The molecule has 0 aliphatic carbocycles. The number of nitrogens with one attached hydrogen (secondary N) is 2. The van der Waals surface area contributed by atoms with E-state index in [9.17, 15) is 9.00 Å². The lowest BCUT2D eigenvalue weighted by Gasteiger charge is -2.36. The van der Waals surface area contributed by atoms with E-state index < -0.39 is 10.9 Å². The molecule has 0 bridgehead atoms. The van der Waals surface area contributed by atoms with Gasteiger partial charge in [-0.2, -0.15) is 4.36 Å². The highest BCUT2D eigenvalue weighted by molar-refractivity contribution is 7.69. The van der Waals surface area contributed by atoms with E-state index in [1.807, 2.05) is 29.2 Å². The minimum atomic E-state index is -2.08. The number of carbonyl (C=O) groups excluding carboxylic acids is 1. The van der Waals surface area contributed by atoms with Crippen molar-refractivity contribution in [2.24, 2.45) is 4.36 Å². The molecule has 1 fully saturated rings. The van der Waals surface area contributed by atoms with Crippen LogP contribution < -0.4 is 10.2 Å². The van der Waals surface area contributed by atoms with Gasteiger partial charge < -0.3 is 20.1 Å². The number of H-pyrrole nitrogens is 1. The smallest absolute Gasteiger partial charge is 0.270 e. The standard InChI is InChI=1S/C22H28N6O3S/c1-15(2)24-19-5-4-8-23-21(19)27-9-11-28(12-10-27)22(29)20-14-16-13-17(26-32(30)31-3)6-7-18(16)25-20/h4-8,13-15,24-25,32H,9-12H2,1-3H3. The Kier molecular flexibility index (Phi) is 6.61. The second-order valence-corrected chi connectivity index (χ2v) is 8.97. The summed E-state index contributed by atoms with van der Waals surface area (Å²) in [5.74, 6) is 0.883. The SMILES string of the molecule is CO[SH](=O)=Nc1ccc2[nH]c(C(=O)N3CCN(c4ncccc4NC(C)C)CC3)cc2c1. The lowest BCUT2D eigenvalue weighted by Crippen LogP contribution is -2.49. The van der Waals surface area contributed by atoms with Gasteiger partial charge in [-0.3, -0.25) is 8.98 Å². The third-order valence-corrected chi connectivity index (χ3v) is 5.99. The van der Waals surface area contributed by atoms with Gasteiger partial charge in [0.25, 0.3) is 5.91 Å². The van der Waals surface area contributed by atoms with Crippen molar-refractivity contribution in [3.8, 4) is 0 Å². The highest BCUT2D eigenvalue weighted by Crippen LogP contribution is 2.26. The molecule has 0 saturated carbocycles. The topological polar surface area (TPSA) is 103 Å². The number of benzene rings is 1. The van der Waals surface area contributed by atoms with Crippen molar-refractivity contribution in [1.82, 2.24) is 14.9 Å². The third kappa shape index (κ3) is 4.86. The predicted octanol–water partition coefficient (Wildman–Crippen LogP) is 3.20. The van der Waals surface area contributed by atoms with Gasteiger partial charge in [-0.25, -0.2) is 9.19 Å². The summed E-state index contributed by atoms with van der Waals surface area (Å²) in [7, 11) is -0.732. The largest absolute Gasteiger partial charge is 0.380 e. The van der Waals surface area contributed by atoms with Gasteiger partial charge in [-0.05, 0) is 50.2 Å². The van der Waals surface area contributed by atoms with Crippen LogP contribution in [-0.2, 0) is 15.1 Å². The first-order chi connectivity index (χ1) is 15.4. The maximum atomic E-state index is 13.1. The molecule has 1 aliphatic heterocycles. The number of rotatable bonds is 6. The van der Waals surface area contributed by atoms with Crippen molar-refractivity contribution < 1.29 is 13.2 Å². The van der Waals surface area contributed by atoms with Gasteiger partial charge in [0.2, 0.25) is 0 Å². The Balaban J connectivity index is 1.46. The average Bonchev–Trinajstić information content (AvgIpc) is 3.22. The number of hydrogen-bond donors (Lipinski definition) is 3. The van der Waals surface area contributed by atoms with Crippen LogP contribution in [0.3, 0.4) is 0 Å². The van der Waals surface area contributed by atoms with E-state index in [0.29, 0.717) is 43.6 Å². The summed E-state index contributed by atoms with van der Waals surface area (Å²) in [5, 5.41) is 4.28. The maximum Gasteiger partial charge on any atom is 0.270 e. The molecule has 1 saturated heterocycles. The Labute approximate surface area is 189 Å². The van der Waals surface area contributed by atoms with E-state index in [1.54, 1.807) is 18.3 Å². The first-order valence-electron chi connectivity index (χ1n) is 10.6. The first kappa shape index (κ1) is 22.1. The van der Waals surface area contributed by atoms with Gasteiger partial charge in [-0.15, -0.1) is 0 Å². The van der Waals surface area contributed by atoms with Crippen LogP contribution in [-0.4, -0.2) is 64.3 Å². The van der Waals surface area contributed by atoms with Crippen LogP contribution in [0.2, 0.25) is 0 Å². The number of thiol groups is 1. The number of amides is 1. The first-order valence-corrected chi connectivity index (χ1v) is 11.7. The highest BCUT2D eigenvalue weighted by atomic mass is 32.2. The number of anilines is 2. The Hall–Kier alpha value is -3.11. The third-order valence-electron chi connectivity index (χ3n) is 5.29. The van der Waals surface area contributed by atoms with E-state index in [0.717, 1.165) is 22.4 Å². The maximum absolute atomic E-state index is 13.1. The molecule has 3 heterocycles. The average molecular weight is 457 g/mol. The number of piperazine rings is 1. The second-order valence-electron chi connectivity index (χ2n) is 7.93. The minimum absolute atomic E-state index is 0.0381. The van der Waals surface area contributed by atoms with Gasteiger partial charge >= 0.3 is 0 Å². The van der Waals surface area contributed by atoms with Crippen LogP contribution in [0.25, 0.3) is 10.9 Å². The molecule has 1 aliphatic rings. The van der Waals surface area contributed by atoms with Gasteiger partial charge in [0.05, 0.1) is 18.5 Å². The van der Waals surface area contributed by atoms with Gasteiger partial charge in [0.15, 0.2) is 16.7 Å². The van der Waals surface area contributed by atoms with Crippen LogP contribution in [0.5, 0.6) is 0 Å². The molecular formula is C22H28N6O3S. The molecule has 1 amide bonds. The normalized spacial score (nSPS) is 15.5. The van der Waals surface area contributed by atoms with Crippen LogP contribution >= 0.6 is 0 Å². The van der Waals surface area contributed by atoms with Crippen LogP contribution in [0.1, 0.15) is 24.3 Å². The number of fused-ring (bicyclic) bond motifs is 1. The zero-order valence-electron chi connectivity index (χ0n) is 18.4. The van der Waals surface area contributed by atoms with Crippen LogP contribution in [0.15, 0.2) is 47.0 Å². The Morgan fingerprint density at radius 1 is 1.22 bits per heavy atom. The molecule has 1 atom stereocenters. The predicted molar refractivity (Wildman–Crippen MR) is 128 cm³/mol. The van der Waals surface area contributed by atoms with Crippen molar-refractivity contribution in [1.29, 1.82) is 0 Å². The molecule has 1 aromatic carbocycles. The molecule has 0 spiro atoms. The Morgan fingerprint density at radius 3 is 2.72 bits per heavy atom. The van der Waals surface area contributed by atoms with E-state index in [2.05, 4.69) is 38.4 Å². The van der Waals surface area contributed by atoms with Crippen molar-refractivity contribution in [2.45, 2.75) is 19.9 Å². The summed E-state index contributed by atoms with van der Waals surface area (Å²) in [4.78, 5) is 24.9. The molecule has 3 aromatic rings. The number of aromatic amines is 1. The number of aromatic nitrogens is 2. The van der Waals surface area contributed by atoms with Crippen LogP contribution in [0.4, 0.5) is 17.2 Å². The second kappa shape index (κ2) is 9.58. The monoisotopic (exact) mass is 456 g/mol. The highest BCUT2D eigenvalue weighted by Gasteiger charge is 2.25. The molecule has 32 heavy (non-hydrogen) atoms. The number of nitrogens with zero attached hydrogens (tertiary/aromatic N) is 4. The summed E-state index contributed by atoms with van der Waals surface area (Å²) < 4.78 is 20.2. The number of hydrogen-bond acceptors (Lipinski definition) is 7. The zero-order valence-corrected chi connectivity index (χ0v) is 19.3. The quantitative estimate of drug-likeness (QED) is 0.492. The van der Waals surface area contributed by atoms with Crippen molar-refractivity contribution in [3.63, 3.8) is 0 Å². The van der Waals surface area contributed by atoms with Crippen molar-refractivity contribution >= 4 is 44.9 Å². The number of carbonyl (C=O) groups is 1. The molecule has 9 nitrogen and oxygen atoms in total. The fourth-order valence-corrected chi connectivity index (χ4v) is 4.19. The Bertz CT molecular complexity index is 1190. The van der Waals surface area contributed by atoms with Gasteiger partial charge in [0, 0.05) is 49.3 Å². The minimum Gasteiger partial charge on any atom is -0.380 e. The molecule has 10 heteroatoms. The van der Waals surface area contributed by atoms with E-state index >= 15 is 0 Å². The summed E-state index contributed by atoms with van der Waals surface area (Å²) >= 11 is 0. The molecule has 0 radical (unpaired) electrons. The summed E-state index contributed by atoms with van der Waals surface area (Å²) in [5.41, 5.74) is 2.92.